The summed E-state index contributed by atoms with van der Waals surface area (Å²) in [4.78, 5) is 67.3. The highest BCUT2D eigenvalue weighted by Crippen LogP contribution is 2.32. The van der Waals surface area contributed by atoms with Gasteiger partial charge in [-0.3, -0.25) is 9.59 Å². The van der Waals surface area contributed by atoms with Crippen LogP contribution in [0, 0.1) is 11.8 Å². The Hall–Kier alpha value is -7.21. The van der Waals surface area contributed by atoms with E-state index in [9.17, 15) is 79.8 Å². The second-order valence-electron chi connectivity index (χ2n) is 24.1. The van der Waals surface area contributed by atoms with Gasteiger partial charge in [0.15, 0.2) is 37.2 Å². The van der Waals surface area contributed by atoms with E-state index < -0.39 is 222 Å². The second kappa shape index (κ2) is 67.5. The third-order valence-corrected chi connectivity index (χ3v) is 15.6. The van der Waals surface area contributed by atoms with E-state index in [-0.39, 0.29) is 58.8 Å². The number of aldehydes is 2. The number of hydrogen-bond acceptors (Lipinski definition) is 45. The van der Waals surface area contributed by atoms with Crippen LogP contribution < -0.4 is 0 Å². The fourth-order valence-corrected chi connectivity index (χ4v) is 9.39. The first-order chi connectivity index (χ1) is 55.9. The number of aliphatic hydroxyl groups excluding tert-OH is 22. The van der Waals surface area contributed by atoms with Gasteiger partial charge in [0.05, 0.1) is 123 Å². The summed E-state index contributed by atoms with van der Waals surface area (Å²) in [7, 11) is 7.09. The molecule has 47 nitrogen and oxygen atoms in total. The van der Waals surface area contributed by atoms with Crippen molar-refractivity contribution in [2.24, 2.45) is 11.8 Å². The predicted molar refractivity (Wildman–Crippen MR) is 391 cm³/mol. The number of carboxylic acid groups (broad SMARTS) is 2. The van der Waals surface area contributed by atoms with Crippen molar-refractivity contribution in [1.82, 2.24) is 0 Å². The molecule has 9 heterocycles. The number of methoxy groups -OCH3 is 5. The molecule has 7 aliphatic heterocycles. The third-order valence-electron chi connectivity index (χ3n) is 15.6. The molecule has 118 heavy (non-hydrogen) atoms. The first kappa shape index (κ1) is 115. The standard InChI is InChI=1S/C16H30O11.C14H26O9.C6H12O6.C5H10O5.C5H4O2.C4H2O3.2C4H6O2.C4H4O.C3H8O3.C3H4O2.C3H4O/c1-23-5-7-8(3-17)26-16(14(22)11(7)19)27-15-9(4-18)25-10(6-24-2)12(20)13(15)21;1-19-3-7-4-22-14(13(18)10(7)15)23-9-6-21-8(5-20-2)11(16)12(9)17;7-1-2-3(8)4(9)5(10)6(11)12-2;6-1-2-3(7)4(8)5(9)10-2;6-4-5-2-1-3-7-5;5-3-1-2-4(6)7-3;1-3-4(5)6-2;1-2-3-4(5)6;1-2-4-5-3-1;4-1-3(6)2-5;1-2-3(4)5;1-2-3-4/h7-22H,3-6H2,1-2H3;7-18H,3-6H2,1-2H3;2-11H,1H2;2-9H,1H2;1-4H;1-2H;3H,1H2,2H3;2-3H,1H3,(H,5,6);1-4H;3-6H,1-2H2;2H,1H2,(H,4,5);2-3H,1H2/b;;;;;;;3-2-;;;;/t7-,8?,9?,10?,11?,12-,13?,14+,15-,16?;7-,8?,9-,10?,11-,12?,13+,14?;;;;;;;;;;/m11........../s1. The van der Waals surface area contributed by atoms with E-state index in [0.717, 1.165) is 30.4 Å². The van der Waals surface area contributed by atoms with Crippen molar-refractivity contribution in [3.63, 3.8) is 0 Å². The van der Waals surface area contributed by atoms with Gasteiger partial charge in [0.25, 0.3) is 0 Å². The van der Waals surface area contributed by atoms with E-state index in [1.165, 1.54) is 54.0 Å². The highest BCUT2D eigenvalue weighted by Gasteiger charge is 2.51. The van der Waals surface area contributed by atoms with Gasteiger partial charge in [0.2, 0.25) is 0 Å². The molecule has 19 unspecified atom stereocenters. The summed E-state index contributed by atoms with van der Waals surface area (Å²) in [6, 6.07) is 6.94. The number of allylic oxidation sites excluding steroid dienone is 2. The average molecular weight is 1720 g/mol. The van der Waals surface area contributed by atoms with Crippen molar-refractivity contribution in [3.05, 3.63) is 111 Å². The van der Waals surface area contributed by atoms with Crippen molar-refractivity contribution in [1.29, 1.82) is 0 Å². The number of aliphatic hydroxyl groups is 22. The molecule has 27 atom stereocenters. The van der Waals surface area contributed by atoms with Crippen molar-refractivity contribution in [3.8, 4) is 0 Å². The van der Waals surface area contributed by atoms with E-state index in [0.29, 0.717) is 18.3 Å². The van der Waals surface area contributed by atoms with Gasteiger partial charge in [0, 0.05) is 70.7 Å². The van der Waals surface area contributed by atoms with E-state index >= 15 is 0 Å². The first-order valence-electron chi connectivity index (χ1n) is 35.0. The molecule has 9 rings (SSSR count). The van der Waals surface area contributed by atoms with Crippen LogP contribution in [0.15, 0.2) is 114 Å². The summed E-state index contributed by atoms with van der Waals surface area (Å²) in [6.45, 7) is 8.83. The molecule has 24 N–H and O–H groups in total. The number of furan rings is 2. The Bertz CT molecular complexity index is 2900. The van der Waals surface area contributed by atoms with Crippen molar-refractivity contribution in [2.75, 3.05) is 115 Å². The van der Waals surface area contributed by atoms with Crippen LogP contribution in [0.1, 0.15) is 17.5 Å². The number of esters is 3. The lowest BCUT2D eigenvalue weighted by molar-refractivity contribution is -0.339. The van der Waals surface area contributed by atoms with Crippen LogP contribution >= 0.6 is 0 Å². The van der Waals surface area contributed by atoms with Crippen LogP contribution in [0.2, 0.25) is 0 Å². The Morgan fingerprint density at radius 2 is 0.975 bits per heavy atom. The summed E-state index contributed by atoms with van der Waals surface area (Å²) < 4.78 is 79.1. The number of hydrogen-bond donors (Lipinski definition) is 24. The third kappa shape index (κ3) is 44.9. The summed E-state index contributed by atoms with van der Waals surface area (Å²) in [5.41, 5.74) is 0. The number of ether oxygens (including phenoxy) is 14. The Morgan fingerprint density at radius 1 is 0.500 bits per heavy atom. The molecule has 0 aliphatic carbocycles. The molecule has 0 spiro atoms. The normalized spacial score (nSPS) is 32.0. The number of aliphatic carboxylic acids is 2. The SMILES string of the molecule is C/C=C\C(=O)O.C=CC(=O)O.C=CC(=O)OC.C=CC=O.COCC1OC(CO)[C@@H](OC2OC(CO)[C@@H](COC)C(O)[C@@H]2O)C(O)[C@@H]1O.COCC1OC[C@@H](OC2OC[C@@H](COC)C(O)[C@@H]2O)C(O)[C@@H]1O.O=C1C=CC(=O)O1.O=Cc1ccco1.OCC(O)CO.OCC1OC(O)C(O)C(O)C1O.OCC1OC(O)C(O)C1O.c1ccoc1. The lowest BCUT2D eigenvalue weighted by atomic mass is 9.89. The lowest BCUT2D eigenvalue weighted by Crippen LogP contribution is -2.64. The van der Waals surface area contributed by atoms with Crippen LogP contribution in [0.25, 0.3) is 0 Å². The zero-order valence-electron chi connectivity index (χ0n) is 65.1. The van der Waals surface area contributed by atoms with Crippen molar-refractivity contribution in [2.45, 2.75) is 166 Å². The fraction of sp³-hybridized carbons (Fsp3) is 0.648. The van der Waals surface area contributed by atoms with Gasteiger partial charge in [-0.2, -0.15) is 0 Å². The number of rotatable bonds is 23. The topological polar surface area (TPSA) is 761 Å². The number of carboxylic acids is 2. The zero-order valence-corrected chi connectivity index (χ0v) is 65.1. The largest absolute Gasteiger partial charge is 0.478 e. The predicted octanol–water partition coefficient (Wildman–Crippen LogP) is -10.2. The fourth-order valence-electron chi connectivity index (χ4n) is 9.39. The Labute approximate surface area is 675 Å². The first-order valence-corrected chi connectivity index (χ1v) is 35.0. The van der Waals surface area contributed by atoms with Crippen molar-refractivity contribution < 1.29 is 231 Å². The molecule has 682 valence electrons. The molecule has 2 aromatic rings. The van der Waals surface area contributed by atoms with Crippen molar-refractivity contribution >= 4 is 42.4 Å². The summed E-state index contributed by atoms with van der Waals surface area (Å²) in [5.74, 6) is -4.10. The summed E-state index contributed by atoms with van der Waals surface area (Å²) in [6.07, 6.45) is -17.4. The Kier molecular flexibility index (Phi) is 65.7. The minimum Gasteiger partial charge on any atom is -0.478 e. The quantitative estimate of drug-likeness (QED) is 0.0213. The van der Waals surface area contributed by atoms with E-state index in [2.05, 4.69) is 47.5 Å². The molecule has 0 amide bonds. The maximum absolute atomic E-state index is 10.4. The molecule has 0 aromatic carbocycles. The molecule has 47 heteroatoms. The molecule has 7 aliphatic rings. The molecule has 0 bridgehead atoms. The average Bonchev–Trinajstić information content (AvgIpc) is 0.917. The van der Waals surface area contributed by atoms with Gasteiger partial charge in [-0.15, -0.1) is 0 Å². The molecular weight excluding hydrogens is 1600 g/mol. The maximum Gasteiger partial charge on any atom is 0.338 e. The molecular formula is C71H116O47. The van der Waals surface area contributed by atoms with E-state index in [1.54, 1.807) is 31.6 Å². The van der Waals surface area contributed by atoms with Gasteiger partial charge >= 0.3 is 29.8 Å². The van der Waals surface area contributed by atoms with E-state index in [4.69, 9.17) is 124 Å². The van der Waals surface area contributed by atoms with E-state index in [1.807, 2.05) is 12.1 Å². The van der Waals surface area contributed by atoms with Gasteiger partial charge in [-0.25, -0.2) is 24.0 Å². The summed E-state index contributed by atoms with van der Waals surface area (Å²) in [5, 5.41) is 220. The highest BCUT2D eigenvalue weighted by molar-refractivity contribution is 6.04. The Balaban J connectivity index is -0.00000130. The smallest absolute Gasteiger partial charge is 0.338 e. The molecule has 6 fully saturated rings. The van der Waals surface area contributed by atoms with Crippen LogP contribution in [0.4, 0.5) is 0 Å². The maximum atomic E-state index is 10.4. The zero-order chi connectivity index (χ0) is 90.7. The van der Waals surface area contributed by atoms with Crippen LogP contribution in [0.5, 0.6) is 0 Å². The molecule has 0 radical (unpaired) electrons. The highest BCUT2D eigenvalue weighted by atomic mass is 16.7. The lowest BCUT2D eigenvalue weighted by Gasteiger charge is -2.46. The van der Waals surface area contributed by atoms with Gasteiger partial charge in [0.1, 0.15) is 122 Å². The van der Waals surface area contributed by atoms with Crippen LogP contribution in [-0.2, 0) is 95.1 Å². The number of carbonyl (C=O) groups is 7. The van der Waals surface area contributed by atoms with Crippen LogP contribution in [0.3, 0.4) is 0 Å². The Morgan fingerprint density at radius 3 is 1.32 bits per heavy atom. The summed E-state index contributed by atoms with van der Waals surface area (Å²) >= 11 is 0. The molecule has 0 saturated carbocycles. The number of cyclic esters (lactones) is 2. The number of carbonyl (C=O) groups excluding carboxylic acids is 5. The second-order valence-corrected chi connectivity index (χ2v) is 24.1. The van der Waals surface area contributed by atoms with Gasteiger partial charge < -0.3 is 198 Å². The molecule has 6 saturated heterocycles. The molecule has 2 aromatic heterocycles. The minimum atomic E-state index is -1.57. The van der Waals surface area contributed by atoms with Gasteiger partial charge in [-0.1, -0.05) is 25.8 Å². The minimum absolute atomic E-state index is 0.00595. The van der Waals surface area contributed by atoms with Crippen LogP contribution in [-0.4, -0.2) is 439 Å². The monoisotopic (exact) mass is 1720 g/mol. The van der Waals surface area contributed by atoms with Gasteiger partial charge in [-0.05, 0) is 37.3 Å².